The van der Waals surface area contributed by atoms with Crippen molar-refractivity contribution in [2.75, 3.05) is 4.90 Å². The van der Waals surface area contributed by atoms with Gasteiger partial charge >= 0.3 is 0 Å². The van der Waals surface area contributed by atoms with E-state index in [0.29, 0.717) is 5.92 Å². The van der Waals surface area contributed by atoms with Crippen molar-refractivity contribution in [3.05, 3.63) is 204 Å². The van der Waals surface area contributed by atoms with Crippen LogP contribution in [0, 0.1) is 0 Å². The van der Waals surface area contributed by atoms with Crippen molar-refractivity contribution in [1.29, 1.82) is 0 Å². The second-order valence-electron chi connectivity index (χ2n) is 14.8. The smallest absolute Gasteiger partial charge is 0.0541 e. The summed E-state index contributed by atoms with van der Waals surface area (Å²) >= 11 is 0. The third-order valence-electron chi connectivity index (χ3n) is 11.3. The van der Waals surface area contributed by atoms with Gasteiger partial charge in [0, 0.05) is 45.4 Å². The van der Waals surface area contributed by atoms with Crippen molar-refractivity contribution in [3.8, 4) is 16.8 Å². The summed E-state index contributed by atoms with van der Waals surface area (Å²) in [4.78, 5) is 2.46. The fourth-order valence-electron chi connectivity index (χ4n) is 8.17. The highest BCUT2D eigenvalue weighted by atomic mass is 15.1. The van der Waals surface area contributed by atoms with E-state index in [1.807, 2.05) is 27.7 Å². The second-order valence-corrected chi connectivity index (χ2v) is 14.8. The molecule has 2 aliphatic carbocycles. The van der Waals surface area contributed by atoms with Gasteiger partial charge in [-0.05, 0) is 106 Å². The molecule has 9 rings (SSSR count). The van der Waals surface area contributed by atoms with E-state index in [1.165, 1.54) is 72.3 Å². The minimum atomic E-state index is -0.183. The van der Waals surface area contributed by atoms with Gasteiger partial charge in [0.15, 0.2) is 0 Å². The van der Waals surface area contributed by atoms with Crippen LogP contribution in [-0.4, -0.2) is 4.57 Å². The van der Waals surface area contributed by atoms with E-state index in [-0.39, 0.29) is 5.41 Å². The highest BCUT2D eigenvalue weighted by molar-refractivity contribution is 6.10. The van der Waals surface area contributed by atoms with Gasteiger partial charge in [0.1, 0.15) is 0 Å². The van der Waals surface area contributed by atoms with Crippen LogP contribution in [0.4, 0.5) is 11.4 Å². The molecule has 0 N–H and O–H groups in total. The number of benzene rings is 6. The maximum atomic E-state index is 4.49. The van der Waals surface area contributed by atoms with E-state index >= 15 is 0 Å². The summed E-state index contributed by atoms with van der Waals surface area (Å²) in [6, 6.07) is 53.1. The zero-order chi connectivity index (χ0) is 39.4. The van der Waals surface area contributed by atoms with E-state index < -0.39 is 0 Å². The van der Waals surface area contributed by atoms with Gasteiger partial charge in [0.2, 0.25) is 0 Å². The summed E-state index contributed by atoms with van der Waals surface area (Å²) in [7, 11) is 0. The summed E-state index contributed by atoms with van der Waals surface area (Å²) < 4.78 is 2.38. The standard InChI is InChI=1S/C50H42N2.2C2H6/c1-34-19-20-35(2)50(3,4)47-33-43(28-29-44(34)47)51(41-25-21-37(22-26-41)36-13-7-5-8-14-36)42-27-23-38(31-42)39-24-30-49-46(32-39)45-17-11-12-18-48(45)52(49)40-15-9-6-10-16-40;2*1-2/h5-30,32-34H,2,31H2,1,3-4H3;2*1-2H3. The summed E-state index contributed by atoms with van der Waals surface area (Å²) in [5, 5.41) is 2.55. The Labute approximate surface area is 334 Å². The molecule has 0 saturated heterocycles. The van der Waals surface area contributed by atoms with Crippen molar-refractivity contribution >= 4 is 38.8 Å². The maximum Gasteiger partial charge on any atom is 0.0541 e. The van der Waals surface area contributed by atoms with Gasteiger partial charge in [-0.3, -0.25) is 0 Å². The lowest BCUT2D eigenvalue weighted by Gasteiger charge is -2.32. The third kappa shape index (κ3) is 6.97. The zero-order valence-corrected chi connectivity index (χ0v) is 34.1. The molecule has 1 atom stereocenters. The fourth-order valence-corrected chi connectivity index (χ4v) is 8.17. The Hall–Kier alpha value is -6.12. The predicted molar refractivity (Wildman–Crippen MR) is 244 cm³/mol. The number of hydrogen-bond donors (Lipinski definition) is 0. The lowest BCUT2D eigenvalue weighted by atomic mass is 9.76. The zero-order valence-electron chi connectivity index (χ0n) is 34.1. The van der Waals surface area contributed by atoms with Crippen LogP contribution in [0.1, 0.15) is 77.5 Å². The van der Waals surface area contributed by atoms with Crippen LogP contribution in [0.25, 0.3) is 44.2 Å². The Morgan fingerprint density at radius 3 is 1.95 bits per heavy atom. The lowest BCUT2D eigenvalue weighted by Crippen LogP contribution is -2.22. The first-order valence-electron chi connectivity index (χ1n) is 20.3. The molecular formula is C54H54N2. The van der Waals surface area contributed by atoms with E-state index in [9.17, 15) is 0 Å². The topological polar surface area (TPSA) is 8.17 Å². The quantitative estimate of drug-likeness (QED) is 0.165. The monoisotopic (exact) mass is 730 g/mol. The molecule has 0 radical (unpaired) electrons. The van der Waals surface area contributed by atoms with Crippen LogP contribution in [0.5, 0.6) is 0 Å². The van der Waals surface area contributed by atoms with Crippen LogP contribution in [0.3, 0.4) is 0 Å². The maximum absolute atomic E-state index is 4.49. The molecule has 56 heavy (non-hydrogen) atoms. The number of allylic oxidation sites excluding steroid dienone is 6. The van der Waals surface area contributed by atoms with Crippen molar-refractivity contribution in [2.45, 2.75) is 66.2 Å². The molecular weight excluding hydrogens is 677 g/mol. The molecule has 0 saturated carbocycles. The summed E-state index contributed by atoms with van der Waals surface area (Å²) in [5.74, 6) is 0.322. The summed E-state index contributed by atoms with van der Waals surface area (Å²) in [5.41, 5.74) is 15.9. The lowest BCUT2D eigenvalue weighted by molar-refractivity contribution is 0.636. The number of hydrogen-bond acceptors (Lipinski definition) is 1. The highest BCUT2D eigenvalue weighted by Gasteiger charge is 2.31. The normalized spacial score (nSPS) is 15.5. The van der Waals surface area contributed by atoms with E-state index in [2.05, 4.69) is 207 Å². The minimum absolute atomic E-state index is 0.183. The number of aromatic nitrogens is 1. The van der Waals surface area contributed by atoms with Gasteiger partial charge in [-0.25, -0.2) is 0 Å². The average Bonchev–Trinajstić information content (AvgIpc) is 3.86. The van der Waals surface area contributed by atoms with Gasteiger partial charge in [-0.2, -0.15) is 0 Å². The molecule has 7 aromatic rings. The molecule has 0 fully saturated rings. The van der Waals surface area contributed by atoms with Crippen LogP contribution in [0.2, 0.25) is 0 Å². The van der Waals surface area contributed by atoms with E-state index in [0.717, 1.165) is 17.7 Å². The number of rotatable bonds is 6. The molecule has 2 aliphatic rings. The van der Waals surface area contributed by atoms with Gasteiger partial charge in [0.05, 0.1) is 11.0 Å². The predicted octanol–water partition coefficient (Wildman–Crippen LogP) is 15.5. The largest absolute Gasteiger partial charge is 0.314 e. The van der Waals surface area contributed by atoms with Crippen LogP contribution in [-0.2, 0) is 5.41 Å². The molecule has 0 bridgehead atoms. The van der Waals surface area contributed by atoms with Gasteiger partial charge < -0.3 is 9.47 Å². The SMILES string of the molecule is C=C1C=CC(C)c2ccc(N(C3=CC=C(c4ccc5c(c4)c4ccccc4n5-c4ccccc4)C3)c3ccc(-c4ccccc4)cc3)cc2C1(C)C.CC.CC. The third-order valence-corrected chi connectivity index (χ3v) is 11.3. The Balaban J connectivity index is 0.00000117. The second kappa shape index (κ2) is 16.3. The van der Waals surface area contributed by atoms with E-state index in [4.69, 9.17) is 0 Å². The van der Waals surface area contributed by atoms with E-state index in [1.54, 1.807) is 0 Å². The molecule has 280 valence electrons. The highest BCUT2D eigenvalue weighted by Crippen LogP contribution is 2.45. The molecule has 6 aromatic carbocycles. The van der Waals surface area contributed by atoms with Gasteiger partial charge in [-0.15, -0.1) is 0 Å². The molecule has 1 unspecified atom stereocenters. The molecule has 2 nitrogen and oxygen atoms in total. The Bertz CT molecular complexity index is 2580. The van der Waals surface area contributed by atoms with Crippen molar-refractivity contribution < 1.29 is 0 Å². The van der Waals surface area contributed by atoms with Crippen LogP contribution < -0.4 is 4.90 Å². The molecule has 1 aromatic heterocycles. The Kier molecular flexibility index (Phi) is 11.1. The Morgan fingerprint density at radius 2 is 1.21 bits per heavy atom. The molecule has 0 spiro atoms. The van der Waals surface area contributed by atoms with Gasteiger partial charge in [0.25, 0.3) is 0 Å². The fraction of sp³-hybridized carbons (Fsp3) is 0.185. The summed E-state index contributed by atoms with van der Waals surface area (Å²) in [6.07, 6.45) is 9.97. The molecule has 0 aliphatic heterocycles. The molecule has 0 amide bonds. The van der Waals surface area contributed by atoms with Crippen LogP contribution in [0.15, 0.2) is 188 Å². The number of fused-ring (bicyclic) bond motifs is 4. The number of anilines is 2. The van der Waals surface area contributed by atoms with Crippen LogP contribution >= 0.6 is 0 Å². The minimum Gasteiger partial charge on any atom is -0.314 e. The van der Waals surface area contributed by atoms with Crippen molar-refractivity contribution in [3.63, 3.8) is 0 Å². The first kappa shape index (κ1) is 38.2. The average molecular weight is 731 g/mol. The number of nitrogens with zero attached hydrogens (tertiary/aromatic N) is 2. The molecule has 2 heteroatoms. The van der Waals surface area contributed by atoms with Crippen molar-refractivity contribution in [2.24, 2.45) is 0 Å². The number of para-hydroxylation sites is 2. The first-order valence-corrected chi connectivity index (χ1v) is 20.3. The summed E-state index contributed by atoms with van der Waals surface area (Å²) in [6.45, 7) is 19.4. The molecule has 1 heterocycles. The van der Waals surface area contributed by atoms with Gasteiger partial charge in [-0.1, -0.05) is 164 Å². The Morgan fingerprint density at radius 1 is 0.607 bits per heavy atom. The van der Waals surface area contributed by atoms with Crippen molar-refractivity contribution in [1.82, 2.24) is 4.57 Å². The first-order chi connectivity index (χ1) is 27.4.